The van der Waals surface area contributed by atoms with Crippen LogP contribution < -0.4 is 0 Å². The van der Waals surface area contributed by atoms with Crippen LogP contribution in [0, 0.1) is 6.92 Å². The molecule has 27 heavy (non-hydrogen) atoms. The summed E-state index contributed by atoms with van der Waals surface area (Å²) in [7, 11) is -3.29. The van der Waals surface area contributed by atoms with Crippen molar-refractivity contribution >= 4 is 15.7 Å². The van der Waals surface area contributed by atoms with E-state index in [1.807, 2.05) is 17.0 Å². The van der Waals surface area contributed by atoms with Gasteiger partial charge in [0.1, 0.15) is 0 Å². The third-order valence-corrected chi connectivity index (χ3v) is 7.86. The Balaban J connectivity index is 1.73. The highest BCUT2D eigenvalue weighted by Gasteiger charge is 2.42. The number of hydrogen-bond donors (Lipinski definition) is 0. The molecule has 2 aliphatic rings. The van der Waals surface area contributed by atoms with Crippen molar-refractivity contribution < 1.29 is 13.2 Å². The molecule has 4 nitrogen and oxygen atoms in total. The van der Waals surface area contributed by atoms with E-state index in [0.29, 0.717) is 23.4 Å². The Bertz CT molecular complexity index is 1020. The van der Waals surface area contributed by atoms with Gasteiger partial charge in [-0.1, -0.05) is 36.4 Å². The number of amides is 1. The number of carbonyl (C=O) groups excluding carboxylic acids is 1. The molecular formula is C22H25NO3S. The van der Waals surface area contributed by atoms with Gasteiger partial charge >= 0.3 is 0 Å². The second kappa shape index (κ2) is 6.20. The Morgan fingerprint density at radius 2 is 1.85 bits per heavy atom. The van der Waals surface area contributed by atoms with Gasteiger partial charge in [-0.15, -0.1) is 0 Å². The van der Waals surface area contributed by atoms with Crippen molar-refractivity contribution in [3.05, 3.63) is 64.7 Å². The number of nitrogens with zero attached hydrogens (tertiary/aromatic N) is 1. The predicted molar refractivity (Wildman–Crippen MR) is 105 cm³/mol. The van der Waals surface area contributed by atoms with Crippen LogP contribution in [-0.4, -0.2) is 30.5 Å². The van der Waals surface area contributed by atoms with Gasteiger partial charge in [-0.25, -0.2) is 8.42 Å². The van der Waals surface area contributed by atoms with Gasteiger partial charge in [0.25, 0.3) is 0 Å². The topological polar surface area (TPSA) is 54.5 Å². The summed E-state index contributed by atoms with van der Waals surface area (Å²) in [4.78, 5) is 15.8. The zero-order valence-corrected chi connectivity index (χ0v) is 16.8. The smallest absolute Gasteiger partial charge is 0.230 e. The van der Waals surface area contributed by atoms with Gasteiger partial charge in [0, 0.05) is 12.1 Å². The first-order valence-electron chi connectivity index (χ1n) is 9.41. The molecule has 0 radical (unpaired) electrons. The Labute approximate surface area is 161 Å². The Morgan fingerprint density at radius 3 is 2.63 bits per heavy atom. The highest BCUT2D eigenvalue weighted by atomic mass is 32.2. The van der Waals surface area contributed by atoms with Crippen LogP contribution in [0.1, 0.15) is 48.4 Å². The molecule has 2 aromatic carbocycles. The van der Waals surface area contributed by atoms with Gasteiger partial charge in [-0.05, 0) is 61.9 Å². The van der Waals surface area contributed by atoms with E-state index in [0.717, 1.165) is 6.42 Å². The summed E-state index contributed by atoms with van der Waals surface area (Å²) in [5.41, 5.74) is 4.14. The summed E-state index contributed by atoms with van der Waals surface area (Å²) in [6.07, 6.45) is 1.17. The van der Waals surface area contributed by atoms with Gasteiger partial charge in [-0.2, -0.15) is 0 Å². The van der Waals surface area contributed by atoms with E-state index >= 15 is 0 Å². The number of sulfone groups is 1. The van der Waals surface area contributed by atoms with Crippen molar-refractivity contribution in [1.29, 1.82) is 0 Å². The zero-order valence-electron chi connectivity index (χ0n) is 16.0. The molecule has 0 bridgehead atoms. The van der Waals surface area contributed by atoms with E-state index in [2.05, 4.69) is 32.9 Å². The molecule has 2 aliphatic heterocycles. The van der Waals surface area contributed by atoms with Gasteiger partial charge in [0.05, 0.1) is 16.6 Å². The highest BCUT2D eigenvalue weighted by molar-refractivity contribution is 7.91. The molecule has 0 fully saturated rings. The molecule has 0 aromatic heterocycles. The summed E-state index contributed by atoms with van der Waals surface area (Å²) in [5, 5.41) is 0. The Hall–Kier alpha value is -2.14. The second-order valence-corrected chi connectivity index (χ2v) is 10.4. The lowest BCUT2D eigenvalue weighted by Crippen LogP contribution is -2.53. The molecular weight excluding hydrogens is 358 g/mol. The van der Waals surface area contributed by atoms with Crippen LogP contribution in [0.25, 0.3) is 0 Å². The van der Waals surface area contributed by atoms with E-state index in [1.165, 1.54) is 16.7 Å². The SMILES string of the molecule is Cc1cccc2c1CC(C)(C)N(C(=O)C1CCS(=O)(=O)c3ccccc31)C2. The number of hydrogen-bond acceptors (Lipinski definition) is 3. The quantitative estimate of drug-likeness (QED) is 0.756. The van der Waals surface area contributed by atoms with Crippen LogP contribution in [-0.2, 0) is 27.6 Å². The van der Waals surface area contributed by atoms with Crippen LogP contribution in [0.3, 0.4) is 0 Å². The van der Waals surface area contributed by atoms with E-state index in [9.17, 15) is 13.2 Å². The molecule has 5 heteroatoms. The molecule has 0 saturated heterocycles. The van der Waals surface area contributed by atoms with E-state index < -0.39 is 15.8 Å². The average molecular weight is 384 g/mol. The third kappa shape index (κ3) is 2.98. The predicted octanol–water partition coefficient (Wildman–Crippen LogP) is 3.62. The summed E-state index contributed by atoms with van der Waals surface area (Å²) >= 11 is 0. The minimum Gasteiger partial charge on any atom is -0.332 e. The van der Waals surface area contributed by atoms with Crippen molar-refractivity contribution in [1.82, 2.24) is 4.90 Å². The minimum atomic E-state index is -3.29. The first-order chi connectivity index (χ1) is 12.7. The Kier molecular flexibility index (Phi) is 4.18. The third-order valence-electron chi connectivity index (χ3n) is 6.04. The number of aryl methyl sites for hydroxylation is 1. The molecule has 0 N–H and O–H groups in total. The lowest BCUT2D eigenvalue weighted by Gasteiger charge is -2.45. The van der Waals surface area contributed by atoms with Crippen LogP contribution in [0.15, 0.2) is 47.4 Å². The van der Waals surface area contributed by atoms with E-state index in [1.54, 1.807) is 18.2 Å². The van der Waals surface area contributed by atoms with Gasteiger partial charge < -0.3 is 4.90 Å². The van der Waals surface area contributed by atoms with Crippen LogP contribution in [0.4, 0.5) is 0 Å². The molecule has 1 atom stereocenters. The van der Waals surface area contributed by atoms with Crippen molar-refractivity contribution in [3.63, 3.8) is 0 Å². The van der Waals surface area contributed by atoms with E-state index in [-0.39, 0.29) is 17.2 Å². The maximum atomic E-state index is 13.6. The van der Waals surface area contributed by atoms with Crippen LogP contribution in [0.2, 0.25) is 0 Å². The summed E-state index contributed by atoms with van der Waals surface area (Å²) in [6.45, 7) is 6.90. The minimum absolute atomic E-state index is 0.0321. The Morgan fingerprint density at radius 1 is 1.11 bits per heavy atom. The normalized spacial score (nSPS) is 22.6. The van der Waals surface area contributed by atoms with Crippen LogP contribution >= 0.6 is 0 Å². The highest BCUT2D eigenvalue weighted by Crippen LogP contribution is 2.39. The standard InChI is InChI=1S/C22H25NO3S/c1-15-7-6-8-16-14-23(22(2,3)13-19(15)16)21(24)18-11-12-27(25,26)20-10-5-4-9-17(18)20/h4-10,18H,11-14H2,1-3H3. The molecule has 0 aliphatic carbocycles. The van der Waals surface area contributed by atoms with Gasteiger partial charge in [-0.3, -0.25) is 4.79 Å². The monoisotopic (exact) mass is 383 g/mol. The van der Waals surface area contributed by atoms with Crippen molar-refractivity contribution in [2.75, 3.05) is 5.75 Å². The molecule has 4 rings (SSSR count). The number of fused-ring (bicyclic) bond motifs is 2. The summed E-state index contributed by atoms with van der Waals surface area (Å²) in [6, 6.07) is 13.2. The first-order valence-corrected chi connectivity index (χ1v) is 11.1. The van der Waals surface area contributed by atoms with Crippen molar-refractivity contribution in [2.45, 2.75) is 56.5 Å². The van der Waals surface area contributed by atoms with Crippen molar-refractivity contribution in [2.24, 2.45) is 0 Å². The average Bonchev–Trinajstić information content (AvgIpc) is 2.61. The van der Waals surface area contributed by atoms with Crippen LogP contribution in [0.5, 0.6) is 0 Å². The lowest BCUT2D eigenvalue weighted by atomic mass is 9.82. The van der Waals surface area contributed by atoms with Gasteiger partial charge in [0.15, 0.2) is 9.84 Å². The molecule has 2 heterocycles. The van der Waals surface area contributed by atoms with E-state index in [4.69, 9.17) is 0 Å². The molecule has 1 unspecified atom stereocenters. The fourth-order valence-electron chi connectivity index (χ4n) is 4.49. The zero-order chi connectivity index (χ0) is 19.4. The first kappa shape index (κ1) is 18.2. The molecule has 1 amide bonds. The number of carbonyl (C=O) groups is 1. The van der Waals surface area contributed by atoms with Crippen molar-refractivity contribution in [3.8, 4) is 0 Å². The van der Waals surface area contributed by atoms with Gasteiger partial charge in [0.2, 0.25) is 5.91 Å². The largest absolute Gasteiger partial charge is 0.332 e. The molecule has 2 aromatic rings. The number of benzene rings is 2. The molecule has 0 saturated carbocycles. The fraction of sp³-hybridized carbons (Fsp3) is 0.409. The molecule has 0 spiro atoms. The molecule has 142 valence electrons. The maximum Gasteiger partial charge on any atom is 0.230 e. The summed E-state index contributed by atoms with van der Waals surface area (Å²) in [5.74, 6) is -0.324. The summed E-state index contributed by atoms with van der Waals surface area (Å²) < 4.78 is 24.8. The lowest BCUT2D eigenvalue weighted by molar-refractivity contribution is -0.140. The second-order valence-electron chi connectivity index (χ2n) is 8.32. The number of rotatable bonds is 1. The maximum absolute atomic E-state index is 13.6. The fourth-order valence-corrected chi connectivity index (χ4v) is 6.11.